The fourth-order valence-corrected chi connectivity index (χ4v) is 1.95. The summed E-state index contributed by atoms with van der Waals surface area (Å²) in [6.45, 7) is 1.23. The number of hydrogen-bond donors (Lipinski definition) is 0. The van der Waals surface area contributed by atoms with E-state index in [0.29, 0.717) is 24.0 Å². The highest BCUT2D eigenvalue weighted by Gasteiger charge is 2.27. The molecule has 6 heteroatoms. The van der Waals surface area contributed by atoms with E-state index in [1.807, 2.05) is 0 Å². The van der Waals surface area contributed by atoms with Crippen LogP contribution in [-0.4, -0.2) is 36.1 Å². The van der Waals surface area contributed by atoms with Crippen molar-refractivity contribution >= 4 is 22.3 Å². The van der Waals surface area contributed by atoms with Gasteiger partial charge in [-0.05, 0) is 22.0 Å². The van der Waals surface area contributed by atoms with Crippen LogP contribution >= 0.6 is 15.9 Å². The third kappa shape index (κ3) is 2.22. The van der Waals surface area contributed by atoms with Crippen LogP contribution in [0.3, 0.4) is 0 Å². The van der Waals surface area contributed by atoms with Crippen molar-refractivity contribution in [1.29, 1.82) is 0 Å². The van der Waals surface area contributed by atoms with Gasteiger partial charge in [-0.3, -0.25) is 9.78 Å². The Kier molecular flexibility index (Phi) is 3.50. The average molecular weight is 289 g/mol. The Morgan fingerprint density at radius 3 is 3.19 bits per heavy atom. The minimum atomic E-state index is -0.434. The van der Waals surface area contributed by atoms with Gasteiger partial charge in [-0.25, -0.2) is 4.39 Å². The van der Waals surface area contributed by atoms with Crippen LogP contribution in [0.15, 0.2) is 16.7 Å². The van der Waals surface area contributed by atoms with Crippen LogP contribution in [0.2, 0.25) is 0 Å². The summed E-state index contributed by atoms with van der Waals surface area (Å²) < 4.78 is 19.5. The highest BCUT2D eigenvalue weighted by molar-refractivity contribution is 9.10. The fraction of sp³-hybridized carbons (Fsp3) is 0.400. The highest BCUT2D eigenvalue weighted by atomic mass is 79.9. The number of morpholine rings is 1. The molecule has 0 saturated carbocycles. The van der Waals surface area contributed by atoms with Gasteiger partial charge in [-0.1, -0.05) is 0 Å². The second kappa shape index (κ2) is 4.88. The van der Waals surface area contributed by atoms with Gasteiger partial charge in [0.25, 0.3) is 0 Å². The normalized spacial score (nSPS) is 20.9. The van der Waals surface area contributed by atoms with Crippen LogP contribution in [-0.2, 0) is 9.53 Å². The molecule has 0 bridgehead atoms. The van der Waals surface area contributed by atoms with Gasteiger partial charge in [0.2, 0.25) is 6.41 Å². The maximum Gasteiger partial charge on any atom is 0.210 e. The van der Waals surface area contributed by atoms with E-state index in [2.05, 4.69) is 20.9 Å². The first-order valence-electron chi connectivity index (χ1n) is 4.82. The number of amides is 1. The van der Waals surface area contributed by atoms with E-state index in [0.717, 1.165) is 0 Å². The standard InChI is InChI=1S/C10H10BrFN2O2/c11-7-3-8(12)10(13-4-7)9-5-16-2-1-14(9)6-15/h3-4,6,9H,1-2,5H2/t9-/m1/s1. The van der Waals surface area contributed by atoms with Gasteiger partial charge >= 0.3 is 0 Å². The van der Waals surface area contributed by atoms with Crippen LogP contribution in [0.5, 0.6) is 0 Å². The lowest BCUT2D eigenvalue weighted by Gasteiger charge is -2.32. The number of rotatable bonds is 2. The second-order valence-electron chi connectivity index (χ2n) is 3.45. The quantitative estimate of drug-likeness (QED) is 0.775. The molecule has 2 heterocycles. The third-order valence-electron chi connectivity index (χ3n) is 2.46. The van der Waals surface area contributed by atoms with Crippen molar-refractivity contribution in [1.82, 2.24) is 9.88 Å². The van der Waals surface area contributed by atoms with E-state index in [4.69, 9.17) is 4.74 Å². The Hall–Kier alpha value is -1.01. The van der Waals surface area contributed by atoms with Crippen molar-refractivity contribution in [2.75, 3.05) is 19.8 Å². The van der Waals surface area contributed by atoms with Crippen molar-refractivity contribution < 1.29 is 13.9 Å². The first-order chi connectivity index (χ1) is 7.72. The molecule has 1 atom stereocenters. The van der Waals surface area contributed by atoms with E-state index in [-0.39, 0.29) is 12.3 Å². The van der Waals surface area contributed by atoms with E-state index >= 15 is 0 Å². The first-order valence-corrected chi connectivity index (χ1v) is 5.61. The van der Waals surface area contributed by atoms with Crippen molar-refractivity contribution in [2.24, 2.45) is 0 Å². The van der Waals surface area contributed by atoms with E-state index < -0.39 is 11.9 Å². The number of hydrogen-bond acceptors (Lipinski definition) is 3. The topological polar surface area (TPSA) is 42.4 Å². The number of carbonyl (C=O) groups excluding carboxylic acids is 1. The molecule has 1 amide bonds. The van der Waals surface area contributed by atoms with Gasteiger partial charge in [-0.2, -0.15) is 0 Å². The maximum atomic E-state index is 13.7. The minimum Gasteiger partial charge on any atom is -0.377 e. The summed E-state index contributed by atoms with van der Waals surface area (Å²) in [6.07, 6.45) is 2.21. The molecule has 1 aromatic rings. The molecule has 0 spiro atoms. The van der Waals surface area contributed by atoms with Crippen molar-refractivity contribution in [3.8, 4) is 0 Å². The summed E-state index contributed by atoms with van der Waals surface area (Å²) in [5.74, 6) is -0.434. The molecule has 1 aromatic heterocycles. The molecule has 1 saturated heterocycles. The predicted molar refractivity (Wildman–Crippen MR) is 58.2 cm³/mol. The number of aromatic nitrogens is 1. The Morgan fingerprint density at radius 1 is 1.69 bits per heavy atom. The zero-order chi connectivity index (χ0) is 11.5. The molecule has 0 N–H and O–H groups in total. The second-order valence-corrected chi connectivity index (χ2v) is 4.37. The zero-order valence-electron chi connectivity index (χ0n) is 8.40. The summed E-state index contributed by atoms with van der Waals surface area (Å²) in [5.41, 5.74) is 0.245. The third-order valence-corrected chi connectivity index (χ3v) is 2.89. The summed E-state index contributed by atoms with van der Waals surface area (Å²) in [5, 5.41) is 0. The lowest BCUT2D eigenvalue weighted by atomic mass is 10.1. The van der Waals surface area contributed by atoms with Gasteiger partial charge in [0.15, 0.2) is 0 Å². The van der Waals surface area contributed by atoms with Crippen LogP contribution < -0.4 is 0 Å². The number of halogens is 2. The van der Waals surface area contributed by atoms with E-state index in [1.165, 1.54) is 17.2 Å². The van der Waals surface area contributed by atoms with Gasteiger partial charge in [0.1, 0.15) is 17.6 Å². The molecule has 86 valence electrons. The van der Waals surface area contributed by atoms with Crippen LogP contribution in [0.4, 0.5) is 4.39 Å². The predicted octanol–water partition coefficient (Wildman–Crippen LogP) is 1.51. The summed E-state index contributed by atoms with van der Waals surface area (Å²) in [6, 6.07) is 0.902. The lowest BCUT2D eigenvalue weighted by Crippen LogP contribution is -2.39. The molecule has 4 nitrogen and oxygen atoms in total. The molecule has 1 fully saturated rings. The number of nitrogens with zero attached hydrogens (tertiary/aromatic N) is 2. The fourth-order valence-electron chi connectivity index (χ4n) is 1.65. The molecule has 0 aliphatic carbocycles. The number of carbonyl (C=O) groups is 1. The average Bonchev–Trinajstić information content (AvgIpc) is 2.29. The molecule has 1 aliphatic rings. The Bertz CT molecular complexity index is 402. The van der Waals surface area contributed by atoms with Crippen LogP contribution in [0.25, 0.3) is 0 Å². The Labute approximate surface area is 101 Å². The summed E-state index contributed by atoms with van der Waals surface area (Å²) in [4.78, 5) is 16.3. The molecule has 16 heavy (non-hydrogen) atoms. The van der Waals surface area contributed by atoms with Gasteiger partial charge in [0.05, 0.1) is 13.2 Å². The molecule has 0 radical (unpaired) electrons. The minimum absolute atomic E-state index is 0.245. The maximum absolute atomic E-state index is 13.7. The number of pyridine rings is 1. The molecule has 1 aliphatic heterocycles. The van der Waals surface area contributed by atoms with Crippen molar-refractivity contribution in [3.63, 3.8) is 0 Å². The van der Waals surface area contributed by atoms with Crippen molar-refractivity contribution in [2.45, 2.75) is 6.04 Å². The zero-order valence-corrected chi connectivity index (χ0v) is 9.98. The molecule has 2 rings (SSSR count). The van der Waals surface area contributed by atoms with Gasteiger partial charge in [0, 0.05) is 17.2 Å². The van der Waals surface area contributed by atoms with E-state index in [1.54, 1.807) is 0 Å². The molecular formula is C10H10BrFN2O2. The van der Waals surface area contributed by atoms with Crippen LogP contribution in [0.1, 0.15) is 11.7 Å². The summed E-state index contributed by atoms with van der Waals surface area (Å²) in [7, 11) is 0. The Morgan fingerprint density at radius 2 is 2.50 bits per heavy atom. The summed E-state index contributed by atoms with van der Waals surface area (Å²) >= 11 is 3.14. The SMILES string of the molecule is O=CN1CCOC[C@@H]1c1ncc(Br)cc1F. The smallest absolute Gasteiger partial charge is 0.210 e. The van der Waals surface area contributed by atoms with Crippen LogP contribution in [0, 0.1) is 5.82 Å². The monoisotopic (exact) mass is 288 g/mol. The van der Waals surface area contributed by atoms with E-state index in [9.17, 15) is 9.18 Å². The largest absolute Gasteiger partial charge is 0.377 e. The lowest BCUT2D eigenvalue weighted by molar-refractivity contribution is -0.126. The highest BCUT2D eigenvalue weighted by Crippen LogP contribution is 2.24. The molecule has 0 aromatic carbocycles. The Balaban J connectivity index is 2.30. The van der Waals surface area contributed by atoms with Crippen molar-refractivity contribution in [3.05, 3.63) is 28.2 Å². The molecular weight excluding hydrogens is 279 g/mol. The van der Waals surface area contributed by atoms with Gasteiger partial charge in [-0.15, -0.1) is 0 Å². The number of ether oxygens (including phenoxy) is 1. The van der Waals surface area contributed by atoms with Gasteiger partial charge < -0.3 is 9.64 Å². The first kappa shape index (κ1) is 11.5. The molecule has 0 unspecified atom stereocenters.